The van der Waals surface area contributed by atoms with E-state index in [-0.39, 0.29) is 5.54 Å². The summed E-state index contributed by atoms with van der Waals surface area (Å²) in [5.41, 5.74) is 10.7. The van der Waals surface area contributed by atoms with Crippen molar-refractivity contribution >= 4 is 21.5 Å². The topological polar surface area (TPSA) is 117 Å². The second-order valence-corrected chi connectivity index (χ2v) is 7.24. The molecule has 2 fully saturated rings. The Labute approximate surface area is 119 Å². The third-order valence-electron chi connectivity index (χ3n) is 4.43. The summed E-state index contributed by atoms with van der Waals surface area (Å²) in [4.78, 5) is 2.35. The van der Waals surface area contributed by atoms with Gasteiger partial charge < -0.3 is 16.4 Å². The molecule has 2 aliphatic rings. The Morgan fingerprint density at radius 3 is 2.40 bits per heavy atom. The summed E-state index contributed by atoms with van der Waals surface area (Å²) < 4.78 is 25.8. The summed E-state index contributed by atoms with van der Waals surface area (Å²) in [5, 5.41) is 6.21. The molecule has 2 saturated heterocycles. The number of amidine groups is 1. The van der Waals surface area contributed by atoms with E-state index >= 15 is 0 Å². The second kappa shape index (κ2) is 5.66. The SMILES string of the molecule is CN1CCCC12CCN(S(=O)(=O)/C(N)=N/N=C/N)CC2. The fourth-order valence-corrected chi connectivity index (χ4v) is 4.20. The third kappa shape index (κ3) is 2.65. The van der Waals surface area contributed by atoms with E-state index in [0.717, 1.165) is 32.1 Å². The largest absolute Gasteiger partial charge is 0.388 e. The van der Waals surface area contributed by atoms with Crippen LogP contribution in [-0.2, 0) is 10.0 Å². The summed E-state index contributed by atoms with van der Waals surface area (Å²) in [5.74, 6) is 0. The van der Waals surface area contributed by atoms with Crippen LogP contribution < -0.4 is 11.5 Å². The standard InChI is InChI=1S/C11H22N6O2S/c1-16-6-2-3-11(16)4-7-17(8-5-11)20(18,19)10(13)15-14-9-12/h9H,2-8H2,1H3,(H2,12,14)(H2,13,15). The molecule has 2 heterocycles. The van der Waals surface area contributed by atoms with Crippen molar-refractivity contribution < 1.29 is 8.42 Å². The molecule has 114 valence electrons. The average molecular weight is 302 g/mol. The van der Waals surface area contributed by atoms with Crippen LogP contribution in [-0.4, -0.2) is 61.3 Å². The molecule has 2 rings (SSSR count). The van der Waals surface area contributed by atoms with Crippen LogP contribution in [0.3, 0.4) is 0 Å². The number of hydrogen-bond donors (Lipinski definition) is 2. The molecule has 4 N–H and O–H groups in total. The fraction of sp³-hybridized carbons (Fsp3) is 0.818. The molecule has 0 radical (unpaired) electrons. The van der Waals surface area contributed by atoms with Crippen molar-refractivity contribution in [3.63, 3.8) is 0 Å². The van der Waals surface area contributed by atoms with Crippen molar-refractivity contribution in [2.45, 2.75) is 31.2 Å². The molecule has 0 aliphatic carbocycles. The number of hydrogen-bond acceptors (Lipinski definition) is 5. The van der Waals surface area contributed by atoms with Crippen molar-refractivity contribution in [3.05, 3.63) is 0 Å². The van der Waals surface area contributed by atoms with E-state index in [1.54, 1.807) is 0 Å². The zero-order valence-corrected chi connectivity index (χ0v) is 12.5. The highest BCUT2D eigenvalue weighted by atomic mass is 32.2. The van der Waals surface area contributed by atoms with Crippen molar-refractivity contribution in [1.29, 1.82) is 0 Å². The smallest absolute Gasteiger partial charge is 0.277 e. The van der Waals surface area contributed by atoms with Gasteiger partial charge in [-0.25, -0.2) is 8.42 Å². The van der Waals surface area contributed by atoms with Crippen molar-refractivity contribution in [1.82, 2.24) is 9.21 Å². The molecule has 0 unspecified atom stereocenters. The second-order valence-electron chi connectivity index (χ2n) is 5.36. The maximum atomic E-state index is 12.2. The first-order valence-corrected chi connectivity index (χ1v) is 8.14. The number of nitrogens with two attached hydrogens (primary N) is 2. The average Bonchev–Trinajstić information content (AvgIpc) is 2.77. The van der Waals surface area contributed by atoms with Crippen LogP contribution in [0, 0.1) is 0 Å². The van der Waals surface area contributed by atoms with Gasteiger partial charge >= 0.3 is 0 Å². The van der Waals surface area contributed by atoms with E-state index in [2.05, 4.69) is 22.2 Å². The Bertz CT molecular complexity index is 507. The predicted octanol–water partition coefficient (Wildman–Crippen LogP) is -0.907. The number of nitrogens with zero attached hydrogens (tertiary/aromatic N) is 4. The van der Waals surface area contributed by atoms with Gasteiger partial charge in [-0.05, 0) is 39.3 Å². The lowest BCUT2D eigenvalue weighted by Crippen LogP contribution is -2.53. The molecule has 2 aliphatic heterocycles. The van der Waals surface area contributed by atoms with Crippen LogP contribution in [0.5, 0.6) is 0 Å². The van der Waals surface area contributed by atoms with Crippen molar-refractivity contribution in [2.75, 3.05) is 26.7 Å². The molecular weight excluding hydrogens is 280 g/mol. The van der Waals surface area contributed by atoms with E-state index in [4.69, 9.17) is 11.5 Å². The van der Waals surface area contributed by atoms with Gasteiger partial charge in [0.2, 0.25) is 0 Å². The first kappa shape index (κ1) is 15.2. The Balaban J connectivity index is 2.07. The summed E-state index contributed by atoms with van der Waals surface area (Å²) in [7, 11) is -1.61. The molecular formula is C11H22N6O2S. The van der Waals surface area contributed by atoms with E-state index in [0.29, 0.717) is 13.1 Å². The first-order chi connectivity index (χ1) is 9.42. The molecule has 0 aromatic carbocycles. The molecule has 0 saturated carbocycles. The summed E-state index contributed by atoms with van der Waals surface area (Å²) in [6.45, 7) is 2.02. The van der Waals surface area contributed by atoms with Gasteiger partial charge in [0.25, 0.3) is 15.2 Å². The van der Waals surface area contributed by atoms with Crippen LogP contribution in [0.25, 0.3) is 0 Å². The molecule has 0 amide bonds. The van der Waals surface area contributed by atoms with Crippen LogP contribution in [0.1, 0.15) is 25.7 Å². The predicted molar refractivity (Wildman–Crippen MR) is 78.6 cm³/mol. The van der Waals surface area contributed by atoms with Gasteiger partial charge in [-0.1, -0.05) is 0 Å². The maximum Gasteiger partial charge on any atom is 0.277 e. The number of sulfonamides is 1. The Morgan fingerprint density at radius 1 is 1.25 bits per heavy atom. The quantitative estimate of drug-likeness (QED) is 0.389. The van der Waals surface area contributed by atoms with Crippen molar-refractivity contribution in [3.8, 4) is 0 Å². The molecule has 8 nitrogen and oxygen atoms in total. The van der Waals surface area contributed by atoms with E-state index < -0.39 is 15.2 Å². The molecule has 0 bridgehead atoms. The summed E-state index contributed by atoms with van der Waals surface area (Å²) >= 11 is 0. The van der Waals surface area contributed by atoms with E-state index in [9.17, 15) is 8.42 Å². The van der Waals surface area contributed by atoms with E-state index in [1.807, 2.05) is 0 Å². The molecule has 20 heavy (non-hydrogen) atoms. The third-order valence-corrected chi connectivity index (χ3v) is 6.08. The van der Waals surface area contributed by atoms with Crippen LogP contribution in [0.15, 0.2) is 10.2 Å². The Morgan fingerprint density at radius 2 is 1.90 bits per heavy atom. The number of piperidine rings is 1. The molecule has 1 spiro atoms. The molecule has 9 heteroatoms. The van der Waals surface area contributed by atoms with Gasteiger partial charge in [0, 0.05) is 18.6 Å². The van der Waals surface area contributed by atoms with E-state index in [1.165, 1.54) is 10.7 Å². The highest BCUT2D eigenvalue weighted by molar-refractivity contribution is 8.04. The Kier molecular flexibility index (Phi) is 4.31. The van der Waals surface area contributed by atoms with Gasteiger partial charge in [-0.3, -0.25) is 0 Å². The van der Waals surface area contributed by atoms with Gasteiger partial charge in [-0.2, -0.15) is 4.31 Å². The minimum absolute atomic E-state index is 0.160. The minimum Gasteiger partial charge on any atom is -0.388 e. The van der Waals surface area contributed by atoms with Crippen molar-refractivity contribution in [2.24, 2.45) is 21.7 Å². The highest BCUT2D eigenvalue weighted by Gasteiger charge is 2.43. The lowest BCUT2D eigenvalue weighted by molar-refractivity contribution is 0.102. The summed E-state index contributed by atoms with van der Waals surface area (Å²) in [6.07, 6.45) is 4.88. The lowest BCUT2D eigenvalue weighted by atomic mass is 9.86. The monoisotopic (exact) mass is 302 g/mol. The zero-order chi connectivity index (χ0) is 14.8. The van der Waals surface area contributed by atoms with Crippen LogP contribution in [0.2, 0.25) is 0 Å². The summed E-state index contributed by atoms with van der Waals surface area (Å²) in [6, 6.07) is 0. The maximum absolute atomic E-state index is 12.2. The van der Waals surface area contributed by atoms with Crippen LogP contribution >= 0.6 is 0 Å². The van der Waals surface area contributed by atoms with Gasteiger partial charge in [0.1, 0.15) is 6.34 Å². The number of rotatable bonds is 2. The van der Waals surface area contributed by atoms with Crippen LogP contribution in [0.4, 0.5) is 0 Å². The van der Waals surface area contributed by atoms with Gasteiger partial charge in [0.15, 0.2) is 0 Å². The van der Waals surface area contributed by atoms with Gasteiger partial charge in [0.05, 0.1) is 0 Å². The zero-order valence-electron chi connectivity index (χ0n) is 11.7. The minimum atomic E-state index is -3.72. The Hall–Kier alpha value is -1.19. The molecule has 0 aromatic heterocycles. The number of likely N-dealkylation sites (tertiary alicyclic amines) is 1. The molecule has 0 atom stereocenters. The fourth-order valence-electron chi connectivity index (χ4n) is 3.12. The lowest BCUT2D eigenvalue weighted by Gasteiger charge is -2.42. The highest BCUT2D eigenvalue weighted by Crippen LogP contribution is 2.37. The molecule has 0 aromatic rings. The first-order valence-electron chi connectivity index (χ1n) is 6.70. The normalized spacial score (nSPS) is 25.8. The van der Waals surface area contributed by atoms with Gasteiger partial charge in [-0.15, -0.1) is 10.2 Å².